The standard InChI is InChI=1S/C14H17Cl2N5OS/c1-3-6-18-13(22)8(2)23-14-20-19-12(21(14)17)10-7-9(15)4-5-11(10)16/h4-5,7-8H,3,6,17H2,1-2H3,(H,18,22)/t8-/m0/s1. The number of rotatable bonds is 6. The number of benzene rings is 1. The maximum atomic E-state index is 11.9. The maximum Gasteiger partial charge on any atom is 0.233 e. The van der Waals surface area contributed by atoms with Crippen molar-refractivity contribution in [1.29, 1.82) is 0 Å². The fourth-order valence-electron chi connectivity index (χ4n) is 1.81. The van der Waals surface area contributed by atoms with E-state index >= 15 is 0 Å². The summed E-state index contributed by atoms with van der Waals surface area (Å²) < 4.78 is 1.31. The van der Waals surface area contributed by atoms with E-state index in [0.29, 0.717) is 33.1 Å². The highest BCUT2D eigenvalue weighted by Crippen LogP contribution is 2.31. The Balaban J connectivity index is 2.19. The molecule has 0 aliphatic rings. The highest BCUT2D eigenvalue weighted by Gasteiger charge is 2.20. The zero-order chi connectivity index (χ0) is 17.0. The fourth-order valence-corrected chi connectivity index (χ4v) is 2.98. The molecule has 1 aromatic heterocycles. The lowest BCUT2D eigenvalue weighted by molar-refractivity contribution is -0.120. The minimum absolute atomic E-state index is 0.0674. The van der Waals surface area contributed by atoms with E-state index in [-0.39, 0.29) is 11.2 Å². The number of amides is 1. The second-order valence-corrected chi connectivity index (χ2v) is 7.00. The van der Waals surface area contributed by atoms with Gasteiger partial charge in [0.1, 0.15) is 0 Å². The van der Waals surface area contributed by atoms with E-state index in [0.717, 1.165) is 6.42 Å². The molecule has 0 aliphatic carbocycles. The Labute approximate surface area is 148 Å². The normalized spacial score (nSPS) is 12.2. The number of carbonyl (C=O) groups is 1. The average molecular weight is 374 g/mol. The van der Waals surface area contributed by atoms with Gasteiger partial charge in [-0.15, -0.1) is 10.2 Å². The Bertz CT molecular complexity index is 706. The molecule has 0 aliphatic heterocycles. The third-order valence-corrected chi connectivity index (χ3v) is 4.66. The van der Waals surface area contributed by atoms with E-state index in [1.807, 2.05) is 6.92 Å². The number of hydrogen-bond donors (Lipinski definition) is 2. The summed E-state index contributed by atoms with van der Waals surface area (Å²) in [5, 5.41) is 12.0. The minimum atomic E-state index is -0.337. The molecular formula is C14H17Cl2N5OS. The smallest absolute Gasteiger partial charge is 0.233 e. The largest absolute Gasteiger partial charge is 0.355 e. The van der Waals surface area contributed by atoms with E-state index in [1.165, 1.54) is 16.4 Å². The molecule has 23 heavy (non-hydrogen) atoms. The molecule has 6 nitrogen and oxygen atoms in total. The topological polar surface area (TPSA) is 85.8 Å². The molecule has 1 aromatic carbocycles. The van der Waals surface area contributed by atoms with Gasteiger partial charge in [0.2, 0.25) is 11.1 Å². The number of nitrogen functional groups attached to an aromatic ring is 1. The van der Waals surface area contributed by atoms with Crippen molar-refractivity contribution >= 4 is 40.9 Å². The van der Waals surface area contributed by atoms with Gasteiger partial charge in [0.25, 0.3) is 0 Å². The van der Waals surface area contributed by atoms with Gasteiger partial charge in [0, 0.05) is 17.1 Å². The van der Waals surface area contributed by atoms with Gasteiger partial charge in [-0.3, -0.25) is 4.79 Å². The van der Waals surface area contributed by atoms with Crippen LogP contribution < -0.4 is 11.2 Å². The predicted octanol–water partition coefficient (Wildman–Crippen LogP) is 2.97. The molecule has 2 aromatic rings. The van der Waals surface area contributed by atoms with E-state index in [9.17, 15) is 4.79 Å². The zero-order valence-electron chi connectivity index (χ0n) is 12.7. The van der Waals surface area contributed by atoms with E-state index in [2.05, 4.69) is 15.5 Å². The number of thioether (sulfide) groups is 1. The number of aromatic nitrogens is 3. The third-order valence-electron chi connectivity index (χ3n) is 3.03. The van der Waals surface area contributed by atoms with Crippen LogP contribution in [0, 0.1) is 0 Å². The quantitative estimate of drug-likeness (QED) is 0.600. The van der Waals surface area contributed by atoms with Gasteiger partial charge in [-0.2, -0.15) is 0 Å². The molecular weight excluding hydrogens is 357 g/mol. The molecule has 3 N–H and O–H groups in total. The Hall–Kier alpha value is -1.44. The first kappa shape index (κ1) is 17.9. The monoisotopic (exact) mass is 373 g/mol. The Morgan fingerprint density at radius 2 is 2.17 bits per heavy atom. The molecule has 1 heterocycles. The Morgan fingerprint density at radius 3 is 2.87 bits per heavy atom. The number of nitrogens with two attached hydrogens (primary N) is 1. The van der Waals surface area contributed by atoms with Crippen LogP contribution >= 0.6 is 35.0 Å². The molecule has 0 fully saturated rings. The molecule has 124 valence electrons. The van der Waals surface area contributed by atoms with Gasteiger partial charge < -0.3 is 11.2 Å². The summed E-state index contributed by atoms with van der Waals surface area (Å²) in [6.07, 6.45) is 0.883. The maximum absolute atomic E-state index is 11.9. The van der Waals surface area contributed by atoms with Gasteiger partial charge in [-0.25, -0.2) is 4.68 Å². The molecule has 1 amide bonds. The van der Waals surface area contributed by atoms with Gasteiger partial charge in [-0.05, 0) is 31.5 Å². The third kappa shape index (κ3) is 4.31. The summed E-state index contributed by atoms with van der Waals surface area (Å²) >= 11 is 13.4. The molecule has 0 saturated carbocycles. The first-order chi connectivity index (χ1) is 10.9. The van der Waals surface area contributed by atoms with Gasteiger partial charge >= 0.3 is 0 Å². The average Bonchev–Trinajstić information content (AvgIpc) is 2.88. The van der Waals surface area contributed by atoms with Crippen molar-refractivity contribution in [2.75, 3.05) is 12.4 Å². The summed E-state index contributed by atoms with van der Waals surface area (Å²) in [4.78, 5) is 11.9. The van der Waals surface area contributed by atoms with Crippen molar-refractivity contribution in [1.82, 2.24) is 20.2 Å². The SMILES string of the molecule is CCCNC(=O)[C@H](C)Sc1nnc(-c2cc(Cl)ccc2Cl)n1N. The second kappa shape index (κ2) is 7.90. The van der Waals surface area contributed by atoms with Crippen LogP contribution in [-0.4, -0.2) is 32.6 Å². The lowest BCUT2D eigenvalue weighted by Crippen LogP contribution is -2.31. The number of nitrogens with zero attached hydrogens (tertiary/aromatic N) is 3. The highest BCUT2D eigenvalue weighted by atomic mass is 35.5. The molecule has 0 bridgehead atoms. The van der Waals surface area contributed by atoms with Crippen molar-refractivity contribution in [2.24, 2.45) is 0 Å². The zero-order valence-corrected chi connectivity index (χ0v) is 15.0. The van der Waals surface area contributed by atoms with Crippen LogP contribution in [0.15, 0.2) is 23.4 Å². The van der Waals surface area contributed by atoms with E-state index in [4.69, 9.17) is 29.0 Å². The lowest BCUT2D eigenvalue weighted by atomic mass is 10.2. The van der Waals surface area contributed by atoms with Crippen LogP contribution in [0.3, 0.4) is 0 Å². The van der Waals surface area contributed by atoms with E-state index in [1.54, 1.807) is 25.1 Å². The lowest BCUT2D eigenvalue weighted by Gasteiger charge is -2.11. The molecule has 0 unspecified atom stereocenters. The molecule has 0 spiro atoms. The molecule has 2 rings (SSSR count). The highest BCUT2D eigenvalue weighted by molar-refractivity contribution is 8.00. The number of hydrogen-bond acceptors (Lipinski definition) is 5. The van der Waals surface area contributed by atoms with E-state index < -0.39 is 0 Å². The number of halogens is 2. The first-order valence-electron chi connectivity index (χ1n) is 7.04. The molecule has 1 atom stereocenters. The van der Waals surface area contributed by atoms with Crippen molar-refractivity contribution in [2.45, 2.75) is 30.7 Å². The van der Waals surface area contributed by atoms with Crippen LogP contribution in [0.2, 0.25) is 10.0 Å². The summed E-state index contributed by atoms with van der Waals surface area (Å²) in [6, 6.07) is 5.02. The summed E-state index contributed by atoms with van der Waals surface area (Å²) in [7, 11) is 0. The van der Waals surface area contributed by atoms with Crippen LogP contribution in [0.5, 0.6) is 0 Å². The summed E-state index contributed by atoms with van der Waals surface area (Å²) in [5.41, 5.74) is 0.587. The van der Waals surface area contributed by atoms with Crippen LogP contribution in [0.25, 0.3) is 11.4 Å². The van der Waals surface area contributed by atoms with Crippen molar-refractivity contribution in [3.05, 3.63) is 28.2 Å². The van der Waals surface area contributed by atoms with Gasteiger partial charge in [0.15, 0.2) is 5.82 Å². The van der Waals surface area contributed by atoms with Crippen molar-refractivity contribution in [3.8, 4) is 11.4 Å². The Kier molecular flexibility index (Phi) is 6.15. The van der Waals surface area contributed by atoms with Crippen molar-refractivity contribution < 1.29 is 4.79 Å². The van der Waals surface area contributed by atoms with Crippen molar-refractivity contribution in [3.63, 3.8) is 0 Å². The first-order valence-corrected chi connectivity index (χ1v) is 8.67. The summed E-state index contributed by atoms with van der Waals surface area (Å²) in [5.74, 6) is 6.36. The van der Waals surface area contributed by atoms with Crippen LogP contribution in [0.1, 0.15) is 20.3 Å². The minimum Gasteiger partial charge on any atom is -0.355 e. The van der Waals surface area contributed by atoms with Crippen LogP contribution in [-0.2, 0) is 4.79 Å². The predicted molar refractivity (Wildman–Crippen MR) is 94.2 cm³/mol. The summed E-state index contributed by atoms with van der Waals surface area (Å²) in [6.45, 7) is 4.43. The fraction of sp³-hybridized carbons (Fsp3) is 0.357. The van der Waals surface area contributed by atoms with Crippen LogP contribution in [0.4, 0.5) is 0 Å². The van der Waals surface area contributed by atoms with Gasteiger partial charge in [-0.1, -0.05) is 41.9 Å². The van der Waals surface area contributed by atoms with Gasteiger partial charge in [0.05, 0.1) is 10.3 Å². The molecule has 0 saturated heterocycles. The number of carbonyl (C=O) groups excluding carboxylic acids is 1. The number of nitrogens with one attached hydrogen (secondary N) is 1. The second-order valence-electron chi connectivity index (χ2n) is 4.85. The Morgan fingerprint density at radius 1 is 1.43 bits per heavy atom. The molecule has 9 heteroatoms. The molecule has 0 radical (unpaired) electrons.